The fraction of sp³-hybridized carbons (Fsp3) is 0.500. The van der Waals surface area contributed by atoms with Crippen LogP contribution in [-0.4, -0.2) is 24.2 Å². The van der Waals surface area contributed by atoms with Gasteiger partial charge in [-0.25, -0.2) is 0 Å². The summed E-state index contributed by atoms with van der Waals surface area (Å²) in [6.45, 7) is 0.650. The number of hydrogen-bond acceptors (Lipinski definition) is 2. The monoisotopic (exact) mass is 233 g/mol. The zero-order valence-electron chi connectivity index (χ0n) is 10.0. The molecular formula is C14H19NO2. The van der Waals surface area contributed by atoms with E-state index < -0.39 is 0 Å². The second kappa shape index (κ2) is 5.82. The highest BCUT2D eigenvalue weighted by atomic mass is 16.3. The zero-order valence-corrected chi connectivity index (χ0v) is 10.0. The minimum atomic E-state index is -0.0353. The van der Waals surface area contributed by atoms with Crippen LogP contribution in [0.25, 0.3) is 0 Å². The quantitative estimate of drug-likeness (QED) is 0.777. The van der Waals surface area contributed by atoms with Gasteiger partial charge in [-0.05, 0) is 55.4 Å². The Kier molecular flexibility index (Phi) is 4.15. The maximum atomic E-state index is 11.8. The van der Waals surface area contributed by atoms with E-state index in [1.165, 1.54) is 24.0 Å². The third kappa shape index (κ3) is 3.07. The van der Waals surface area contributed by atoms with Crippen molar-refractivity contribution < 1.29 is 9.90 Å². The first-order valence-corrected chi connectivity index (χ1v) is 6.32. The summed E-state index contributed by atoms with van der Waals surface area (Å²) in [6, 6.07) is 6.00. The van der Waals surface area contributed by atoms with Crippen LogP contribution in [0.3, 0.4) is 0 Å². The van der Waals surface area contributed by atoms with Crippen LogP contribution in [0.1, 0.15) is 40.7 Å². The molecule has 0 saturated heterocycles. The van der Waals surface area contributed by atoms with E-state index in [-0.39, 0.29) is 12.5 Å². The van der Waals surface area contributed by atoms with Crippen molar-refractivity contribution in [3.05, 3.63) is 34.9 Å². The Balaban J connectivity index is 2.03. The second-order valence-electron chi connectivity index (χ2n) is 4.52. The van der Waals surface area contributed by atoms with Crippen LogP contribution in [-0.2, 0) is 12.8 Å². The summed E-state index contributed by atoms with van der Waals surface area (Å²) in [6.07, 6.45) is 5.32. The highest BCUT2D eigenvalue weighted by Gasteiger charge is 2.12. The van der Waals surface area contributed by atoms with Crippen molar-refractivity contribution in [2.75, 3.05) is 13.2 Å². The molecular weight excluding hydrogens is 214 g/mol. The Hall–Kier alpha value is -1.35. The fourth-order valence-electron chi connectivity index (χ4n) is 2.26. The second-order valence-corrected chi connectivity index (χ2v) is 4.52. The molecule has 0 bridgehead atoms. The molecule has 0 atom stereocenters. The molecule has 0 spiro atoms. The lowest BCUT2D eigenvalue weighted by atomic mass is 9.90. The summed E-state index contributed by atoms with van der Waals surface area (Å²) >= 11 is 0. The molecule has 0 radical (unpaired) electrons. The van der Waals surface area contributed by atoms with Gasteiger partial charge in [0.15, 0.2) is 0 Å². The van der Waals surface area contributed by atoms with Crippen molar-refractivity contribution in [1.29, 1.82) is 0 Å². The normalized spacial score (nSPS) is 14.2. The number of aliphatic hydroxyl groups is 1. The summed E-state index contributed by atoms with van der Waals surface area (Å²) in [5.41, 5.74) is 3.46. The van der Waals surface area contributed by atoms with E-state index in [0.717, 1.165) is 18.4 Å². The lowest BCUT2D eigenvalue weighted by Gasteiger charge is -2.16. The molecule has 0 saturated carbocycles. The largest absolute Gasteiger partial charge is 0.396 e. The van der Waals surface area contributed by atoms with Crippen LogP contribution in [0, 0.1) is 0 Å². The average molecular weight is 233 g/mol. The summed E-state index contributed by atoms with van der Waals surface area (Å²) < 4.78 is 0. The van der Waals surface area contributed by atoms with Gasteiger partial charge in [0.05, 0.1) is 0 Å². The van der Waals surface area contributed by atoms with Gasteiger partial charge < -0.3 is 10.4 Å². The average Bonchev–Trinajstić information content (AvgIpc) is 2.38. The van der Waals surface area contributed by atoms with Crippen LogP contribution in [0.2, 0.25) is 0 Å². The SMILES string of the molecule is O=C(NCCCO)c1ccc2c(c1)CCCC2. The molecule has 17 heavy (non-hydrogen) atoms. The first-order valence-electron chi connectivity index (χ1n) is 6.32. The topological polar surface area (TPSA) is 49.3 Å². The van der Waals surface area contributed by atoms with Gasteiger partial charge in [0, 0.05) is 18.7 Å². The fourth-order valence-corrected chi connectivity index (χ4v) is 2.26. The first-order chi connectivity index (χ1) is 8.31. The molecule has 3 heteroatoms. The standard InChI is InChI=1S/C14H19NO2/c16-9-3-8-15-14(17)13-7-6-11-4-1-2-5-12(11)10-13/h6-7,10,16H,1-5,8-9H2,(H,15,17). The van der Waals surface area contributed by atoms with Crippen molar-refractivity contribution in [1.82, 2.24) is 5.32 Å². The number of amides is 1. The summed E-state index contributed by atoms with van der Waals surface area (Å²) in [4.78, 5) is 11.8. The Morgan fingerprint density at radius 2 is 2.00 bits per heavy atom. The van der Waals surface area contributed by atoms with E-state index >= 15 is 0 Å². The molecule has 92 valence electrons. The highest BCUT2D eigenvalue weighted by Crippen LogP contribution is 2.22. The number of fused-ring (bicyclic) bond motifs is 1. The number of carbonyl (C=O) groups is 1. The zero-order chi connectivity index (χ0) is 12.1. The summed E-state index contributed by atoms with van der Waals surface area (Å²) in [5.74, 6) is -0.0353. The number of carbonyl (C=O) groups excluding carboxylic acids is 1. The van der Waals surface area contributed by atoms with Gasteiger partial charge in [-0.3, -0.25) is 4.79 Å². The molecule has 1 aromatic rings. The number of benzene rings is 1. The van der Waals surface area contributed by atoms with E-state index in [2.05, 4.69) is 11.4 Å². The third-order valence-electron chi connectivity index (χ3n) is 3.23. The van der Waals surface area contributed by atoms with Crippen molar-refractivity contribution >= 4 is 5.91 Å². The smallest absolute Gasteiger partial charge is 0.251 e. The van der Waals surface area contributed by atoms with Crippen LogP contribution in [0.15, 0.2) is 18.2 Å². The molecule has 0 aromatic heterocycles. The van der Waals surface area contributed by atoms with Crippen LogP contribution < -0.4 is 5.32 Å². The van der Waals surface area contributed by atoms with E-state index in [9.17, 15) is 4.79 Å². The molecule has 1 aromatic carbocycles. The van der Waals surface area contributed by atoms with Gasteiger partial charge in [0.25, 0.3) is 5.91 Å². The number of aryl methyl sites for hydroxylation is 2. The number of nitrogens with one attached hydrogen (secondary N) is 1. The maximum absolute atomic E-state index is 11.8. The molecule has 2 rings (SSSR count). The molecule has 0 fully saturated rings. The van der Waals surface area contributed by atoms with Gasteiger partial charge in [0.1, 0.15) is 0 Å². The van der Waals surface area contributed by atoms with Crippen LogP contribution in [0.4, 0.5) is 0 Å². The van der Waals surface area contributed by atoms with Gasteiger partial charge >= 0.3 is 0 Å². The molecule has 1 aliphatic carbocycles. The Morgan fingerprint density at radius 3 is 2.76 bits per heavy atom. The Labute approximate surface area is 102 Å². The van der Waals surface area contributed by atoms with Gasteiger partial charge in [-0.15, -0.1) is 0 Å². The molecule has 0 aliphatic heterocycles. The predicted molar refractivity (Wildman–Crippen MR) is 67.1 cm³/mol. The molecule has 0 heterocycles. The van der Waals surface area contributed by atoms with E-state index in [0.29, 0.717) is 13.0 Å². The molecule has 1 aliphatic rings. The maximum Gasteiger partial charge on any atom is 0.251 e. The number of rotatable bonds is 4. The summed E-state index contributed by atoms with van der Waals surface area (Å²) in [5, 5.41) is 11.5. The molecule has 0 unspecified atom stereocenters. The predicted octanol–water partition coefficient (Wildman–Crippen LogP) is 1.68. The minimum absolute atomic E-state index is 0.0353. The van der Waals surface area contributed by atoms with Gasteiger partial charge in [-0.1, -0.05) is 6.07 Å². The van der Waals surface area contributed by atoms with E-state index in [4.69, 9.17) is 5.11 Å². The first kappa shape index (κ1) is 12.1. The van der Waals surface area contributed by atoms with Gasteiger partial charge in [0.2, 0.25) is 0 Å². The lowest BCUT2D eigenvalue weighted by molar-refractivity contribution is 0.0951. The Morgan fingerprint density at radius 1 is 1.24 bits per heavy atom. The number of hydrogen-bond donors (Lipinski definition) is 2. The van der Waals surface area contributed by atoms with Gasteiger partial charge in [-0.2, -0.15) is 0 Å². The van der Waals surface area contributed by atoms with E-state index in [1.54, 1.807) is 0 Å². The molecule has 1 amide bonds. The molecule has 3 nitrogen and oxygen atoms in total. The Bertz CT molecular complexity index is 401. The van der Waals surface area contributed by atoms with Crippen molar-refractivity contribution in [3.63, 3.8) is 0 Å². The lowest BCUT2D eigenvalue weighted by Crippen LogP contribution is -2.25. The molecule has 2 N–H and O–H groups in total. The summed E-state index contributed by atoms with van der Waals surface area (Å²) in [7, 11) is 0. The third-order valence-corrected chi connectivity index (χ3v) is 3.23. The highest BCUT2D eigenvalue weighted by molar-refractivity contribution is 5.94. The van der Waals surface area contributed by atoms with Crippen molar-refractivity contribution in [2.45, 2.75) is 32.1 Å². The van der Waals surface area contributed by atoms with Crippen molar-refractivity contribution in [2.24, 2.45) is 0 Å². The van der Waals surface area contributed by atoms with Crippen LogP contribution >= 0.6 is 0 Å². The van der Waals surface area contributed by atoms with Crippen molar-refractivity contribution in [3.8, 4) is 0 Å². The van der Waals surface area contributed by atoms with Crippen LogP contribution in [0.5, 0.6) is 0 Å². The van der Waals surface area contributed by atoms with E-state index in [1.807, 2.05) is 12.1 Å². The minimum Gasteiger partial charge on any atom is -0.396 e. The number of aliphatic hydroxyl groups excluding tert-OH is 1.